The van der Waals surface area contributed by atoms with Crippen molar-refractivity contribution in [3.8, 4) is 0 Å². The Balaban J connectivity index is 0.00000180. The number of hydrogen-bond acceptors (Lipinski definition) is 8. The van der Waals surface area contributed by atoms with E-state index in [1.54, 1.807) is 0 Å². The third-order valence-corrected chi connectivity index (χ3v) is 2.79. The van der Waals surface area contributed by atoms with Crippen molar-refractivity contribution in [3.05, 3.63) is 22.7 Å². The maximum Gasteiger partial charge on any atom is 0.353 e. The van der Waals surface area contributed by atoms with Gasteiger partial charge in [-0.3, -0.25) is 0 Å². The van der Waals surface area contributed by atoms with Crippen molar-refractivity contribution in [2.45, 2.75) is 24.2 Å². The van der Waals surface area contributed by atoms with Gasteiger partial charge < -0.3 is 30.9 Å². The molecule has 1 aromatic rings. The highest BCUT2D eigenvalue weighted by Gasteiger charge is 2.56. The minimum absolute atomic E-state index is 0. The molecule has 0 radical (unpaired) electrons. The Hall–Kier alpha value is -1.23. The van der Waals surface area contributed by atoms with Crippen LogP contribution in [0.4, 0.5) is 5.82 Å². The average Bonchev–Trinajstić information content (AvgIpc) is 2.54. The highest BCUT2D eigenvalue weighted by molar-refractivity contribution is 5.85. The molecule has 1 aliphatic heterocycles. The molecule has 1 aromatic heterocycles. The molecule has 10 heteroatoms. The van der Waals surface area contributed by atoms with E-state index in [2.05, 4.69) is 4.98 Å². The van der Waals surface area contributed by atoms with E-state index >= 15 is 0 Å². The molecule has 0 spiro atoms. The fourth-order valence-electron chi connectivity index (χ4n) is 1.86. The first-order valence-corrected chi connectivity index (χ1v) is 5.13. The molecule has 1 aliphatic rings. The van der Waals surface area contributed by atoms with E-state index in [-0.39, 0.29) is 18.2 Å². The third kappa shape index (κ3) is 2.31. The number of ether oxygens (including phenoxy) is 1. The van der Waals surface area contributed by atoms with Crippen LogP contribution in [-0.4, -0.2) is 54.9 Å². The van der Waals surface area contributed by atoms with Crippen molar-refractivity contribution in [3.63, 3.8) is 0 Å². The molecule has 2 rings (SSSR count). The molecule has 4 atom stereocenters. The molecule has 1 unspecified atom stereocenters. The van der Waals surface area contributed by atoms with Gasteiger partial charge in [0.15, 0.2) is 6.10 Å². The lowest BCUT2D eigenvalue weighted by Crippen LogP contribution is -2.51. The second-order valence-corrected chi connectivity index (χ2v) is 3.92. The van der Waals surface area contributed by atoms with E-state index in [0.717, 1.165) is 6.20 Å². The van der Waals surface area contributed by atoms with Gasteiger partial charge in [0.2, 0.25) is 0 Å². The van der Waals surface area contributed by atoms with Crippen LogP contribution in [-0.2, 0) is 10.6 Å². The number of anilines is 1. The standard InChI is InChI=1S/C9H13N3O6.ClH/c10-5-1-2-11-8(16)12(5)9(17)7(15)6(14)4(3-13)18-9;/h1-2,4,6-7,13-15,17H,3,10H2;1H/t4-,6+,7-,9?;/m0./s1. The van der Waals surface area contributed by atoms with Crippen LogP contribution in [0, 0.1) is 0 Å². The topological polar surface area (TPSA) is 151 Å². The molecule has 6 N–H and O–H groups in total. The highest BCUT2D eigenvalue weighted by atomic mass is 35.5. The zero-order valence-corrected chi connectivity index (χ0v) is 10.4. The largest absolute Gasteiger partial charge is 0.394 e. The zero-order valence-electron chi connectivity index (χ0n) is 9.58. The van der Waals surface area contributed by atoms with Gasteiger partial charge in [-0.15, -0.1) is 12.4 Å². The van der Waals surface area contributed by atoms with Crippen molar-refractivity contribution < 1.29 is 25.2 Å². The van der Waals surface area contributed by atoms with Gasteiger partial charge in [0, 0.05) is 6.20 Å². The van der Waals surface area contributed by atoms with E-state index in [9.17, 15) is 20.1 Å². The van der Waals surface area contributed by atoms with E-state index < -0.39 is 36.5 Å². The zero-order chi connectivity index (χ0) is 13.5. The molecule has 0 saturated carbocycles. The van der Waals surface area contributed by atoms with Gasteiger partial charge in [0.25, 0.3) is 5.91 Å². The minimum Gasteiger partial charge on any atom is -0.394 e. The first-order valence-electron chi connectivity index (χ1n) is 5.13. The van der Waals surface area contributed by atoms with Gasteiger partial charge in [-0.25, -0.2) is 14.3 Å². The molecular formula is C9H14ClN3O6. The molecule has 0 aliphatic carbocycles. The lowest BCUT2D eigenvalue weighted by molar-refractivity contribution is -0.289. The molecular weight excluding hydrogens is 282 g/mol. The fourth-order valence-corrected chi connectivity index (χ4v) is 1.86. The molecule has 0 amide bonds. The smallest absolute Gasteiger partial charge is 0.353 e. The number of halogens is 1. The first kappa shape index (κ1) is 15.8. The summed E-state index contributed by atoms with van der Waals surface area (Å²) in [5, 5.41) is 38.4. The summed E-state index contributed by atoms with van der Waals surface area (Å²) in [6, 6.07) is 1.22. The average molecular weight is 296 g/mol. The number of nitrogens with zero attached hydrogens (tertiary/aromatic N) is 2. The van der Waals surface area contributed by atoms with Crippen LogP contribution in [0.25, 0.3) is 0 Å². The Labute approximate surface area is 113 Å². The summed E-state index contributed by atoms with van der Waals surface area (Å²) in [6.45, 7) is -0.643. The van der Waals surface area contributed by atoms with Crippen LogP contribution in [0.15, 0.2) is 17.1 Å². The van der Waals surface area contributed by atoms with Gasteiger partial charge in [-0.05, 0) is 6.07 Å². The minimum atomic E-state index is -2.57. The van der Waals surface area contributed by atoms with Gasteiger partial charge in [0.05, 0.1) is 6.61 Å². The summed E-state index contributed by atoms with van der Waals surface area (Å²) in [4.78, 5) is 14.9. The second kappa shape index (κ2) is 5.41. The molecule has 9 nitrogen and oxygen atoms in total. The van der Waals surface area contributed by atoms with Crippen molar-refractivity contribution in [1.29, 1.82) is 0 Å². The number of nitrogens with two attached hydrogens (primary N) is 1. The predicted molar refractivity (Wildman–Crippen MR) is 64.3 cm³/mol. The van der Waals surface area contributed by atoms with Crippen LogP contribution >= 0.6 is 12.4 Å². The summed E-state index contributed by atoms with van der Waals surface area (Å²) in [6.07, 6.45) is -3.53. The Kier molecular flexibility index (Phi) is 4.50. The number of hydrogen-bond donors (Lipinski definition) is 5. The molecule has 108 valence electrons. The van der Waals surface area contributed by atoms with Gasteiger partial charge in [-0.2, -0.15) is 0 Å². The molecule has 19 heavy (non-hydrogen) atoms. The molecule has 1 saturated heterocycles. The van der Waals surface area contributed by atoms with Gasteiger partial charge >= 0.3 is 5.69 Å². The molecule has 2 heterocycles. The number of aliphatic hydroxyl groups excluding tert-OH is 3. The quantitative estimate of drug-likeness (QED) is 0.386. The van der Waals surface area contributed by atoms with Crippen LogP contribution in [0.2, 0.25) is 0 Å². The number of aromatic nitrogens is 2. The molecule has 0 aromatic carbocycles. The van der Waals surface area contributed by atoms with Crippen LogP contribution < -0.4 is 11.4 Å². The lowest BCUT2D eigenvalue weighted by atomic mass is 10.1. The SMILES string of the molecule is Cl.Nc1ccnc(=O)n1C1(O)O[C@@H](CO)[C@@H](O)[C@@H]1O. The summed E-state index contributed by atoms with van der Waals surface area (Å²) < 4.78 is 5.43. The fraction of sp³-hybridized carbons (Fsp3) is 0.556. The van der Waals surface area contributed by atoms with E-state index in [4.69, 9.17) is 15.6 Å². The monoisotopic (exact) mass is 295 g/mol. The summed E-state index contributed by atoms with van der Waals surface area (Å²) in [5.74, 6) is -2.77. The molecule has 0 bridgehead atoms. The highest BCUT2D eigenvalue weighted by Crippen LogP contribution is 2.33. The van der Waals surface area contributed by atoms with Gasteiger partial charge in [-0.1, -0.05) is 0 Å². The maximum absolute atomic E-state index is 11.6. The summed E-state index contributed by atoms with van der Waals surface area (Å²) in [5.41, 5.74) is 4.55. The van der Waals surface area contributed by atoms with Crippen molar-refractivity contribution in [1.82, 2.24) is 9.55 Å². The molecule has 1 fully saturated rings. The van der Waals surface area contributed by atoms with Gasteiger partial charge in [0.1, 0.15) is 18.0 Å². The number of aliphatic hydroxyl groups is 4. The first-order chi connectivity index (χ1) is 8.41. The number of nitrogen functional groups attached to an aromatic ring is 1. The summed E-state index contributed by atoms with van der Waals surface area (Å²) >= 11 is 0. The van der Waals surface area contributed by atoms with Crippen LogP contribution in [0.3, 0.4) is 0 Å². The lowest BCUT2D eigenvalue weighted by Gasteiger charge is -2.28. The maximum atomic E-state index is 11.6. The van der Waals surface area contributed by atoms with Crippen LogP contribution in [0.1, 0.15) is 0 Å². The van der Waals surface area contributed by atoms with Crippen molar-refractivity contribution in [2.24, 2.45) is 0 Å². The Morgan fingerprint density at radius 2 is 2.16 bits per heavy atom. The van der Waals surface area contributed by atoms with Crippen molar-refractivity contribution >= 4 is 18.2 Å². The van der Waals surface area contributed by atoms with E-state index in [1.807, 2.05) is 0 Å². The van der Waals surface area contributed by atoms with E-state index in [0.29, 0.717) is 4.57 Å². The second-order valence-electron chi connectivity index (χ2n) is 3.92. The Morgan fingerprint density at radius 1 is 1.53 bits per heavy atom. The van der Waals surface area contributed by atoms with Crippen LogP contribution in [0.5, 0.6) is 0 Å². The third-order valence-electron chi connectivity index (χ3n) is 2.79. The normalized spacial score (nSPS) is 34.0. The van der Waals surface area contributed by atoms with Crippen molar-refractivity contribution in [2.75, 3.05) is 12.3 Å². The predicted octanol–water partition coefficient (Wildman–Crippen LogP) is -3.04. The van der Waals surface area contributed by atoms with E-state index in [1.165, 1.54) is 6.07 Å². The number of rotatable bonds is 2. The Morgan fingerprint density at radius 3 is 2.63 bits per heavy atom. The Bertz CT molecular complexity index is 511. The summed E-state index contributed by atoms with van der Waals surface area (Å²) in [7, 11) is 0.